The van der Waals surface area contributed by atoms with Gasteiger partial charge in [-0.15, -0.1) is 10.2 Å². The molecule has 0 radical (unpaired) electrons. The fourth-order valence-electron chi connectivity index (χ4n) is 3.15. The van der Waals surface area contributed by atoms with Crippen LogP contribution in [0.25, 0.3) is 0 Å². The lowest BCUT2D eigenvalue weighted by Crippen LogP contribution is -2.38. The van der Waals surface area contributed by atoms with E-state index in [9.17, 15) is 9.59 Å². The van der Waals surface area contributed by atoms with Gasteiger partial charge in [-0.1, -0.05) is 11.8 Å². The van der Waals surface area contributed by atoms with Crippen molar-refractivity contribution in [2.45, 2.75) is 36.2 Å². The molecule has 1 saturated carbocycles. The van der Waals surface area contributed by atoms with Crippen LogP contribution in [0.2, 0.25) is 0 Å². The molecular weight excluding hydrogens is 392 g/mol. The normalized spacial score (nSPS) is 17.8. The standard InChI is InChI=1S/C19H24N6O3S/c1-12(17(27)21-14-4-2-13(3-5-14)16(20)26)29-19-23-22-18(25(19)15-6-7-15)24-8-10-28-11-9-24/h2-5,12,15H,6-11H2,1H3,(H2,20,26)(H,21,27). The highest BCUT2D eigenvalue weighted by molar-refractivity contribution is 8.00. The zero-order valence-electron chi connectivity index (χ0n) is 16.2. The quantitative estimate of drug-likeness (QED) is 0.660. The molecule has 1 aromatic heterocycles. The number of nitrogens with one attached hydrogen (secondary N) is 1. The number of carbonyl (C=O) groups is 2. The second kappa shape index (κ2) is 8.42. The van der Waals surface area contributed by atoms with E-state index < -0.39 is 5.91 Å². The van der Waals surface area contributed by atoms with Gasteiger partial charge in [-0.3, -0.25) is 14.2 Å². The number of rotatable bonds is 7. The highest BCUT2D eigenvalue weighted by Crippen LogP contribution is 2.41. The summed E-state index contributed by atoms with van der Waals surface area (Å²) in [4.78, 5) is 26.0. The summed E-state index contributed by atoms with van der Waals surface area (Å²) in [6.07, 6.45) is 2.21. The van der Waals surface area contributed by atoms with Gasteiger partial charge in [-0.2, -0.15) is 0 Å². The number of hydrogen-bond acceptors (Lipinski definition) is 7. The monoisotopic (exact) mass is 416 g/mol. The van der Waals surface area contributed by atoms with Crippen molar-refractivity contribution >= 4 is 35.2 Å². The summed E-state index contributed by atoms with van der Waals surface area (Å²) in [6, 6.07) is 6.92. The van der Waals surface area contributed by atoms with E-state index in [1.807, 2.05) is 6.92 Å². The van der Waals surface area contributed by atoms with Gasteiger partial charge in [0.2, 0.25) is 17.8 Å². The van der Waals surface area contributed by atoms with Crippen molar-refractivity contribution in [2.24, 2.45) is 5.73 Å². The summed E-state index contributed by atoms with van der Waals surface area (Å²) in [5.41, 5.74) is 6.26. The van der Waals surface area contributed by atoms with Crippen molar-refractivity contribution in [3.63, 3.8) is 0 Å². The third-order valence-corrected chi connectivity index (χ3v) is 6.00. The Hall–Kier alpha value is -2.59. The first kappa shape index (κ1) is 19.7. The molecule has 10 heteroatoms. The molecule has 29 heavy (non-hydrogen) atoms. The molecule has 1 unspecified atom stereocenters. The number of hydrogen-bond donors (Lipinski definition) is 2. The molecule has 154 valence electrons. The van der Waals surface area contributed by atoms with Crippen LogP contribution in [0.4, 0.5) is 11.6 Å². The van der Waals surface area contributed by atoms with Crippen molar-refractivity contribution in [1.29, 1.82) is 0 Å². The molecule has 9 nitrogen and oxygen atoms in total. The predicted molar refractivity (Wildman–Crippen MR) is 110 cm³/mol. The molecule has 2 heterocycles. The van der Waals surface area contributed by atoms with Crippen LogP contribution >= 0.6 is 11.8 Å². The summed E-state index contributed by atoms with van der Waals surface area (Å²) in [7, 11) is 0. The van der Waals surface area contributed by atoms with E-state index in [-0.39, 0.29) is 11.2 Å². The van der Waals surface area contributed by atoms with Crippen molar-refractivity contribution < 1.29 is 14.3 Å². The van der Waals surface area contributed by atoms with Gasteiger partial charge in [-0.05, 0) is 44.0 Å². The molecule has 2 aromatic rings. The van der Waals surface area contributed by atoms with Gasteiger partial charge in [0.15, 0.2) is 5.16 Å². The van der Waals surface area contributed by atoms with Gasteiger partial charge in [0.25, 0.3) is 0 Å². The second-order valence-electron chi connectivity index (χ2n) is 7.17. The Morgan fingerprint density at radius 2 is 1.90 bits per heavy atom. The largest absolute Gasteiger partial charge is 0.378 e. The van der Waals surface area contributed by atoms with Crippen LogP contribution in [0.15, 0.2) is 29.4 Å². The van der Waals surface area contributed by atoms with Crippen LogP contribution in [0, 0.1) is 0 Å². The number of primary amides is 1. The number of anilines is 2. The number of thioether (sulfide) groups is 1. The molecule has 0 spiro atoms. The van der Waals surface area contributed by atoms with E-state index in [0.29, 0.717) is 30.5 Å². The second-order valence-corrected chi connectivity index (χ2v) is 8.48. The van der Waals surface area contributed by atoms with Crippen LogP contribution < -0.4 is 16.0 Å². The fraction of sp³-hybridized carbons (Fsp3) is 0.474. The first-order valence-electron chi connectivity index (χ1n) is 9.68. The summed E-state index contributed by atoms with van der Waals surface area (Å²) in [5, 5.41) is 12.1. The van der Waals surface area contributed by atoms with Crippen molar-refractivity contribution in [2.75, 3.05) is 36.5 Å². The smallest absolute Gasteiger partial charge is 0.248 e. The number of morpholine rings is 1. The lowest BCUT2D eigenvalue weighted by atomic mass is 10.2. The number of carbonyl (C=O) groups excluding carboxylic acids is 2. The Kier molecular flexibility index (Phi) is 5.72. The van der Waals surface area contributed by atoms with Crippen LogP contribution in [-0.2, 0) is 9.53 Å². The highest BCUT2D eigenvalue weighted by Gasteiger charge is 2.33. The van der Waals surface area contributed by atoms with Crippen LogP contribution in [0.5, 0.6) is 0 Å². The number of nitrogens with zero attached hydrogens (tertiary/aromatic N) is 4. The lowest BCUT2D eigenvalue weighted by Gasteiger charge is -2.28. The van der Waals surface area contributed by atoms with Crippen molar-refractivity contribution in [3.8, 4) is 0 Å². The van der Waals surface area contributed by atoms with E-state index in [1.54, 1.807) is 24.3 Å². The minimum atomic E-state index is -0.498. The van der Waals surface area contributed by atoms with Gasteiger partial charge in [0.05, 0.1) is 18.5 Å². The molecule has 1 aliphatic carbocycles. The van der Waals surface area contributed by atoms with Crippen molar-refractivity contribution in [1.82, 2.24) is 14.8 Å². The third kappa shape index (κ3) is 4.54. The first-order chi connectivity index (χ1) is 14.0. The van der Waals surface area contributed by atoms with E-state index in [0.717, 1.165) is 37.0 Å². The minimum absolute atomic E-state index is 0.139. The number of amides is 2. The third-order valence-electron chi connectivity index (χ3n) is 4.94. The Balaban J connectivity index is 1.43. The molecule has 1 aromatic carbocycles. The molecule has 2 amide bonds. The van der Waals surface area contributed by atoms with Crippen LogP contribution in [0.3, 0.4) is 0 Å². The topological polar surface area (TPSA) is 115 Å². The summed E-state index contributed by atoms with van der Waals surface area (Å²) in [6.45, 7) is 4.82. The van der Waals surface area contributed by atoms with Crippen LogP contribution in [-0.4, -0.2) is 58.1 Å². The van der Waals surface area contributed by atoms with Gasteiger partial charge in [0.1, 0.15) is 0 Å². The molecule has 1 saturated heterocycles. The SMILES string of the molecule is CC(Sc1nnc(N2CCOCC2)n1C1CC1)C(=O)Nc1ccc(C(N)=O)cc1. The summed E-state index contributed by atoms with van der Waals surface area (Å²) in [5.74, 6) is 0.232. The first-order valence-corrected chi connectivity index (χ1v) is 10.6. The lowest BCUT2D eigenvalue weighted by molar-refractivity contribution is -0.115. The average Bonchev–Trinajstić information content (AvgIpc) is 3.49. The molecule has 1 atom stereocenters. The van der Waals surface area contributed by atoms with E-state index in [4.69, 9.17) is 10.5 Å². The molecule has 3 N–H and O–H groups in total. The number of ether oxygens (including phenoxy) is 1. The molecule has 4 rings (SSSR count). The Morgan fingerprint density at radius 3 is 2.52 bits per heavy atom. The molecule has 1 aliphatic heterocycles. The number of aromatic nitrogens is 3. The maximum Gasteiger partial charge on any atom is 0.248 e. The molecule has 2 fully saturated rings. The average molecular weight is 417 g/mol. The number of nitrogens with two attached hydrogens (primary N) is 1. The zero-order chi connectivity index (χ0) is 20.4. The maximum atomic E-state index is 12.6. The zero-order valence-corrected chi connectivity index (χ0v) is 17.0. The van der Waals surface area contributed by atoms with Gasteiger partial charge >= 0.3 is 0 Å². The Morgan fingerprint density at radius 1 is 1.21 bits per heavy atom. The Labute approximate surface area is 173 Å². The van der Waals surface area contributed by atoms with E-state index in [2.05, 4.69) is 25.0 Å². The summed E-state index contributed by atoms with van der Waals surface area (Å²) < 4.78 is 7.60. The summed E-state index contributed by atoms with van der Waals surface area (Å²) >= 11 is 1.40. The van der Waals surface area contributed by atoms with Crippen LogP contribution in [0.1, 0.15) is 36.2 Å². The van der Waals surface area contributed by atoms with Gasteiger partial charge in [-0.25, -0.2) is 0 Å². The predicted octanol–water partition coefficient (Wildman–Crippen LogP) is 1.67. The molecule has 0 bridgehead atoms. The Bertz CT molecular complexity index is 890. The molecule has 2 aliphatic rings. The molecular formula is C19H24N6O3S. The van der Waals surface area contributed by atoms with Gasteiger partial charge < -0.3 is 20.7 Å². The van der Waals surface area contributed by atoms with E-state index >= 15 is 0 Å². The van der Waals surface area contributed by atoms with Crippen molar-refractivity contribution in [3.05, 3.63) is 29.8 Å². The van der Waals surface area contributed by atoms with E-state index in [1.165, 1.54) is 11.8 Å². The van der Waals surface area contributed by atoms with Gasteiger partial charge in [0, 0.05) is 30.4 Å². The highest BCUT2D eigenvalue weighted by atomic mass is 32.2. The number of benzene rings is 1. The minimum Gasteiger partial charge on any atom is -0.378 e. The maximum absolute atomic E-state index is 12.6. The fourth-order valence-corrected chi connectivity index (χ4v) is 4.07.